The Labute approximate surface area is 163 Å². The van der Waals surface area contributed by atoms with E-state index in [4.69, 9.17) is 4.74 Å². The molecule has 1 unspecified atom stereocenters. The molecule has 1 saturated carbocycles. The predicted molar refractivity (Wildman–Crippen MR) is 109 cm³/mol. The molecular weight excluding hydrogens is 338 g/mol. The Morgan fingerprint density at radius 3 is 2.70 bits per heavy atom. The highest BCUT2D eigenvalue weighted by Gasteiger charge is 2.18. The van der Waals surface area contributed by atoms with E-state index in [-0.39, 0.29) is 6.03 Å². The van der Waals surface area contributed by atoms with E-state index in [0.717, 1.165) is 43.7 Å². The Morgan fingerprint density at radius 1 is 1.11 bits per heavy atom. The highest BCUT2D eigenvalue weighted by Crippen LogP contribution is 2.26. The first-order valence-corrected chi connectivity index (χ1v) is 10.7. The van der Waals surface area contributed by atoms with Crippen molar-refractivity contribution in [3.63, 3.8) is 0 Å². The van der Waals surface area contributed by atoms with Crippen LogP contribution in [0.5, 0.6) is 5.75 Å². The van der Waals surface area contributed by atoms with Crippen LogP contribution in [0, 0.1) is 0 Å². The summed E-state index contributed by atoms with van der Waals surface area (Å²) in [6, 6.07) is 8.61. The number of likely N-dealkylation sites (tertiary alicyclic amines) is 1. The average Bonchev–Trinajstić information content (AvgIpc) is 3.19. The zero-order valence-corrected chi connectivity index (χ0v) is 16.7. The predicted octanol–water partition coefficient (Wildman–Crippen LogP) is 4.07. The summed E-state index contributed by atoms with van der Waals surface area (Å²) in [6.45, 7) is 5.79. The van der Waals surface area contributed by atoms with Gasteiger partial charge in [-0.2, -0.15) is 0 Å². The minimum absolute atomic E-state index is 0.0997. The molecule has 2 fully saturated rings. The minimum Gasteiger partial charge on any atom is -0.490 e. The summed E-state index contributed by atoms with van der Waals surface area (Å²) in [7, 11) is 0. The van der Waals surface area contributed by atoms with Crippen molar-refractivity contribution in [1.29, 1.82) is 0 Å². The largest absolute Gasteiger partial charge is 0.490 e. The van der Waals surface area contributed by atoms with E-state index in [9.17, 15) is 4.79 Å². The molecule has 1 aromatic rings. The lowest BCUT2D eigenvalue weighted by Gasteiger charge is -2.33. The number of nitrogens with zero attached hydrogens (tertiary/aromatic N) is 1. The number of carbonyl (C=O) groups excluding carboxylic acids is 1. The van der Waals surface area contributed by atoms with Crippen LogP contribution in [0.25, 0.3) is 0 Å². The van der Waals surface area contributed by atoms with Gasteiger partial charge in [-0.25, -0.2) is 4.79 Å². The maximum atomic E-state index is 12.1. The van der Waals surface area contributed by atoms with Gasteiger partial charge in [0.1, 0.15) is 5.75 Å². The number of rotatable bonds is 8. The Bertz CT molecular complexity index is 587. The molecule has 1 aliphatic carbocycles. The van der Waals surface area contributed by atoms with Crippen LogP contribution in [0.2, 0.25) is 0 Å². The topological polar surface area (TPSA) is 53.6 Å². The van der Waals surface area contributed by atoms with Crippen LogP contribution in [-0.4, -0.2) is 42.7 Å². The molecule has 0 aromatic heterocycles. The zero-order valence-electron chi connectivity index (χ0n) is 16.7. The summed E-state index contributed by atoms with van der Waals surface area (Å²) in [5.74, 6) is 0.906. The lowest BCUT2D eigenvalue weighted by molar-refractivity contribution is 0.159. The second-order valence-corrected chi connectivity index (χ2v) is 7.98. The van der Waals surface area contributed by atoms with E-state index in [1.165, 1.54) is 38.6 Å². The Hall–Kier alpha value is -1.75. The zero-order chi connectivity index (χ0) is 18.9. The molecule has 0 radical (unpaired) electrons. The van der Waals surface area contributed by atoms with Crippen LogP contribution >= 0.6 is 0 Å². The fourth-order valence-electron chi connectivity index (χ4n) is 4.16. The first kappa shape index (κ1) is 20.0. The van der Waals surface area contributed by atoms with Crippen molar-refractivity contribution in [2.75, 3.05) is 19.6 Å². The van der Waals surface area contributed by atoms with Crippen molar-refractivity contribution < 1.29 is 9.53 Å². The Balaban J connectivity index is 1.35. The number of hydrogen-bond donors (Lipinski definition) is 2. The van der Waals surface area contributed by atoms with Crippen molar-refractivity contribution in [2.24, 2.45) is 0 Å². The van der Waals surface area contributed by atoms with Gasteiger partial charge in [-0.3, -0.25) is 0 Å². The van der Waals surface area contributed by atoms with E-state index in [2.05, 4.69) is 22.5 Å². The van der Waals surface area contributed by atoms with E-state index in [1.807, 2.05) is 24.3 Å². The molecule has 150 valence electrons. The molecule has 5 heteroatoms. The summed E-state index contributed by atoms with van der Waals surface area (Å²) >= 11 is 0. The molecular formula is C22H35N3O2. The summed E-state index contributed by atoms with van der Waals surface area (Å²) < 4.78 is 6.14. The van der Waals surface area contributed by atoms with Crippen molar-refractivity contribution in [3.05, 3.63) is 29.8 Å². The number of nitrogens with one attached hydrogen (secondary N) is 2. The quantitative estimate of drug-likeness (QED) is 0.675. The molecule has 1 aromatic carbocycles. The molecule has 3 rings (SSSR count). The number of carbonyl (C=O) groups is 1. The lowest BCUT2D eigenvalue weighted by Crippen LogP contribution is -2.40. The number of ether oxygens (including phenoxy) is 1. The minimum atomic E-state index is -0.0997. The van der Waals surface area contributed by atoms with Crippen molar-refractivity contribution in [1.82, 2.24) is 15.5 Å². The Morgan fingerprint density at radius 2 is 1.89 bits per heavy atom. The number of urea groups is 1. The lowest BCUT2D eigenvalue weighted by atomic mass is 10.0. The smallest absolute Gasteiger partial charge is 0.315 e. The maximum Gasteiger partial charge on any atom is 0.315 e. The molecule has 27 heavy (non-hydrogen) atoms. The number of piperidine rings is 1. The SMILES string of the molecule is CC1CCCCN1CCCNC(=O)NCc1ccccc1OC1CCCC1. The molecule has 2 aliphatic rings. The van der Waals surface area contributed by atoms with Gasteiger partial charge in [-0.05, 0) is 64.5 Å². The van der Waals surface area contributed by atoms with Crippen LogP contribution in [0.15, 0.2) is 24.3 Å². The summed E-state index contributed by atoms with van der Waals surface area (Å²) in [6.07, 6.45) is 10.1. The van der Waals surface area contributed by atoms with Gasteiger partial charge in [0.2, 0.25) is 0 Å². The number of amides is 2. The number of para-hydroxylation sites is 1. The standard InChI is InChI=1S/C22H35N3O2/c1-18-9-6-7-15-25(18)16-8-14-23-22(26)24-17-19-10-2-5-13-21(19)27-20-11-3-4-12-20/h2,5,10,13,18,20H,3-4,6-9,11-12,14-17H2,1H3,(H2,23,24,26). The van der Waals surface area contributed by atoms with Crippen LogP contribution in [0.4, 0.5) is 4.79 Å². The second kappa shape index (κ2) is 10.5. The van der Waals surface area contributed by atoms with Gasteiger partial charge in [-0.15, -0.1) is 0 Å². The first-order valence-electron chi connectivity index (χ1n) is 10.7. The number of benzene rings is 1. The molecule has 1 atom stereocenters. The third-order valence-electron chi connectivity index (χ3n) is 5.86. The highest BCUT2D eigenvalue weighted by atomic mass is 16.5. The molecule has 0 bridgehead atoms. The molecule has 2 amide bonds. The van der Waals surface area contributed by atoms with Gasteiger partial charge in [0.15, 0.2) is 0 Å². The van der Waals surface area contributed by atoms with Gasteiger partial charge in [0.25, 0.3) is 0 Å². The van der Waals surface area contributed by atoms with Crippen LogP contribution < -0.4 is 15.4 Å². The normalized spacial score (nSPS) is 21.1. The third kappa shape index (κ3) is 6.42. The van der Waals surface area contributed by atoms with E-state index in [0.29, 0.717) is 18.7 Å². The van der Waals surface area contributed by atoms with Crippen molar-refractivity contribution in [3.8, 4) is 5.75 Å². The van der Waals surface area contributed by atoms with Gasteiger partial charge in [-0.1, -0.05) is 24.6 Å². The Kier molecular flexibility index (Phi) is 7.81. The average molecular weight is 374 g/mol. The summed E-state index contributed by atoms with van der Waals surface area (Å²) in [4.78, 5) is 14.7. The molecule has 1 heterocycles. The highest BCUT2D eigenvalue weighted by molar-refractivity contribution is 5.73. The van der Waals surface area contributed by atoms with Crippen LogP contribution in [-0.2, 0) is 6.54 Å². The van der Waals surface area contributed by atoms with Crippen molar-refractivity contribution in [2.45, 2.75) is 77.0 Å². The van der Waals surface area contributed by atoms with E-state index >= 15 is 0 Å². The molecule has 5 nitrogen and oxygen atoms in total. The summed E-state index contributed by atoms with van der Waals surface area (Å²) in [5.41, 5.74) is 1.04. The summed E-state index contributed by atoms with van der Waals surface area (Å²) in [5, 5.41) is 5.95. The van der Waals surface area contributed by atoms with E-state index < -0.39 is 0 Å². The van der Waals surface area contributed by atoms with Crippen molar-refractivity contribution >= 4 is 6.03 Å². The molecule has 0 spiro atoms. The van der Waals surface area contributed by atoms with Crippen LogP contribution in [0.3, 0.4) is 0 Å². The fraction of sp³-hybridized carbons (Fsp3) is 0.682. The van der Waals surface area contributed by atoms with Crippen LogP contribution in [0.1, 0.15) is 63.9 Å². The first-order chi connectivity index (χ1) is 13.2. The van der Waals surface area contributed by atoms with Gasteiger partial charge in [0, 0.05) is 31.2 Å². The van der Waals surface area contributed by atoms with Gasteiger partial charge < -0.3 is 20.3 Å². The third-order valence-corrected chi connectivity index (χ3v) is 5.86. The van der Waals surface area contributed by atoms with Gasteiger partial charge >= 0.3 is 6.03 Å². The fourth-order valence-corrected chi connectivity index (χ4v) is 4.16. The van der Waals surface area contributed by atoms with E-state index in [1.54, 1.807) is 0 Å². The molecule has 1 saturated heterocycles. The second-order valence-electron chi connectivity index (χ2n) is 7.98. The maximum absolute atomic E-state index is 12.1. The number of hydrogen-bond acceptors (Lipinski definition) is 3. The van der Waals surface area contributed by atoms with Gasteiger partial charge in [0.05, 0.1) is 6.10 Å². The molecule has 1 aliphatic heterocycles. The monoisotopic (exact) mass is 373 g/mol. The molecule has 2 N–H and O–H groups in total.